The van der Waals surface area contributed by atoms with Gasteiger partial charge in [0.25, 0.3) is 0 Å². The SMILES string of the molecule is CC1=C2C[C@H]3[C@@H](CC=C4C[C@@H](O)CC[C@@]43C)[C@@H]2CC[C@]12O[C@@H]1C[C@H](C)CN(Cc3cn([C@@H]4O[C@H](CO)[C@H](O)[C@H](O)[C@H]4O)nn3)[C@H]1[C@H]2C. The Hall–Kier alpha value is -1.70. The van der Waals surface area contributed by atoms with Gasteiger partial charge in [-0.05, 0) is 93.0 Å². The van der Waals surface area contributed by atoms with Gasteiger partial charge in [-0.2, -0.15) is 0 Å². The monoisotopic (exact) mass is 654 g/mol. The maximum Gasteiger partial charge on any atom is 0.180 e. The minimum atomic E-state index is -1.47. The van der Waals surface area contributed by atoms with Gasteiger partial charge in [-0.1, -0.05) is 43.2 Å². The smallest absolute Gasteiger partial charge is 0.180 e. The van der Waals surface area contributed by atoms with Gasteiger partial charge in [0.05, 0.1) is 36.3 Å². The molecule has 1 spiro atoms. The number of ether oxygens (including phenoxy) is 2. The van der Waals surface area contributed by atoms with Gasteiger partial charge >= 0.3 is 0 Å². The normalized spacial score (nSPS) is 49.8. The van der Waals surface area contributed by atoms with Crippen molar-refractivity contribution in [3.05, 3.63) is 34.7 Å². The quantitative estimate of drug-likeness (QED) is 0.306. The third-order valence-corrected chi connectivity index (χ3v) is 14.1. The molecule has 2 saturated carbocycles. The Labute approximate surface area is 277 Å². The van der Waals surface area contributed by atoms with E-state index in [9.17, 15) is 25.5 Å². The van der Waals surface area contributed by atoms with E-state index < -0.39 is 37.3 Å². The minimum absolute atomic E-state index is 0.135. The number of likely N-dealkylation sites (tertiary alicyclic amines) is 1. The fourth-order valence-electron chi connectivity index (χ4n) is 11.7. The summed E-state index contributed by atoms with van der Waals surface area (Å²) in [6.45, 7) is 10.6. The van der Waals surface area contributed by atoms with Crippen molar-refractivity contribution in [3.63, 3.8) is 0 Å². The first-order valence-corrected chi connectivity index (χ1v) is 18.2. The zero-order valence-electron chi connectivity index (χ0n) is 28.3. The molecule has 260 valence electrons. The predicted molar refractivity (Wildman–Crippen MR) is 171 cm³/mol. The number of piperidine rings is 1. The summed E-state index contributed by atoms with van der Waals surface area (Å²) in [6, 6.07) is 0.241. The number of rotatable bonds is 4. The number of aliphatic hydroxyl groups is 5. The highest BCUT2D eigenvalue weighted by Crippen LogP contribution is 2.65. The van der Waals surface area contributed by atoms with Gasteiger partial charge in [-0.15, -0.1) is 5.10 Å². The van der Waals surface area contributed by atoms with E-state index in [4.69, 9.17) is 9.47 Å². The molecule has 11 nitrogen and oxygen atoms in total. The zero-order chi connectivity index (χ0) is 33.0. The number of nitrogens with zero attached hydrogens (tertiary/aromatic N) is 4. The van der Waals surface area contributed by atoms with E-state index in [-0.39, 0.29) is 29.3 Å². The van der Waals surface area contributed by atoms with E-state index in [1.54, 1.807) is 11.8 Å². The molecule has 0 aromatic carbocycles. The molecule has 7 aliphatic rings. The highest BCUT2D eigenvalue weighted by molar-refractivity contribution is 5.38. The molecule has 4 aliphatic carbocycles. The number of fused-ring (bicyclic) bond motifs is 6. The fourth-order valence-corrected chi connectivity index (χ4v) is 11.7. The van der Waals surface area contributed by atoms with Gasteiger partial charge in [0.15, 0.2) is 6.23 Å². The molecule has 0 radical (unpaired) electrons. The van der Waals surface area contributed by atoms with Crippen molar-refractivity contribution >= 4 is 0 Å². The standard InChI is InChI=1S/C36H54N4O7/c1-18-11-28-30(39(14-18)15-22-16-40(38-37-22)34-33(45)32(44)31(43)29(17-41)46-34)20(3)36(47-28)10-8-24-25-6-5-21-12-23(42)7-9-35(21,4)27(25)13-26(24)19(36)2/h5,16,18,20,23-25,27-34,41-45H,6-15,17H2,1-4H3/t18-,20+,23-,24-,25-,27-,28+,29+,30-,31-,32-,33+,34+,35-,36-/m0/s1. The van der Waals surface area contributed by atoms with Crippen molar-refractivity contribution in [2.24, 2.45) is 35.0 Å². The summed E-state index contributed by atoms with van der Waals surface area (Å²) in [6.07, 6.45) is 6.27. The highest BCUT2D eigenvalue weighted by Gasteiger charge is 2.61. The van der Waals surface area contributed by atoms with Crippen molar-refractivity contribution in [3.8, 4) is 0 Å². The van der Waals surface area contributed by atoms with Crippen molar-refractivity contribution < 1.29 is 35.0 Å². The van der Waals surface area contributed by atoms with E-state index in [0.29, 0.717) is 36.1 Å². The molecule has 11 heteroatoms. The molecule has 3 saturated heterocycles. The second kappa shape index (κ2) is 11.7. The number of aliphatic hydroxyl groups excluding tert-OH is 5. The number of allylic oxidation sites excluding steroid dienone is 2. The summed E-state index contributed by atoms with van der Waals surface area (Å²) < 4.78 is 14.4. The van der Waals surface area contributed by atoms with Gasteiger partial charge in [0, 0.05) is 25.0 Å². The van der Waals surface area contributed by atoms with Gasteiger partial charge in [0.1, 0.15) is 24.4 Å². The molecular weight excluding hydrogens is 600 g/mol. The third kappa shape index (κ3) is 4.89. The van der Waals surface area contributed by atoms with Crippen LogP contribution in [0.2, 0.25) is 0 Å². The summed E-state index contributed by atoms with van der Waals surface area (Å²) in [5.41, 5.74) is 5.35. The van der Waals surface area contributed by atoms with Crippen LogP contribution in [0, 0.1) is 35.0 Å². The number of hydrogen-bond donors (Lipinski definition) is 5. The average Bonchev–Trinajstić information content (AvgIpc) is 3.74. The van der Waals surface area contributed by atoms with Crippen LogP contribution < -0.4 is 0 Å². The molecule has 0 unspecified atom stereocenters. The lowest BCUT2D eigenvalue weighted by Gasteiger charge is -2.49. The van der Waals surface area contributed by atoms with E-state index in [2.05, 4.69) is 49.0 Å². The molecule has 15 atom stereocenters. The van der Waals surface area contributed by atoms with Crippen LogP contribution in [-0.2, 0) is 16.0 Å². The zero-order valence-corrected chi connectivity index (χ0v) is 28.3. The molecule has 8 rings (SSSR count). The van der Waals surface area contributed by atoms with Crippen LogP contribution in [0.4, 0.5) is 0 Å². The van der Waals surface area contributed by atoms with Gasteiger partial charge in [-0.3, -0.25) is 4.90 Å². The molecule has 5 fully saturated rings. The molecule has 1 aromatic rings. The molecule has 3 aliphatic heterocycles. The average molecular weight is 655 g/mol. The van der Waals surface area contributed by atoms with Gasteiger partial charge < -0.3 is 35.0 Å². The first-order chi connectivity index (χ1) is 22.4. The van der Waals surface area contributed by atoms with E-state index in [1.165, 1.54) is 28.7 Å². The van der Waals surface area contributed by atoms with Crippen LogP contribution in [-0.4, -0.2) is 107 Å². The predicted octanol–water partition coefficient (Wildman–Crippen LogP) is 2.48. The van der Waals surface area contributed by atoms with E-state index >= 15 is 0 Å². The molecule has 1 aromatic heterocycles. The Bertz CT molecular complexity index is 1430. The van der Waals surface area contributed by atoms with Crippen LogP contribution >= 0.6 is 0 Å². The third-order valence-electron chi connectivity index (χ3n) is 14.1. The first-order valence-electron chi connectivity index (χ1n) is 18.2. The van der Waals surface area contributed by atoms with E-state index in [1.807, 2.05) is 0 Å². The largest absolute Gasteiger partial charge is 0.394 e. The highest BCUT2D eigenvalue weighted by atomic mass is 16.6. The Morgan fingerprint density at radius 3 is 2.64 bits per heavy atom. The second-order valence-corrected chi connectivity index (χ2v) is 16.6. The van der Waals surface area contributed by atoms with Crippen molar-refractivity contribution in [2.45, 2.75) is 140 Å². The lowest BCUT2D eigenvalue weighted by Crippen LogP contribution is -2.56. The molecular formula is C36H54N4O7. The lowest BCUT2D eigenvalue weighted by atomic mass is 9.56. The summed E-state index contributed by atoms with van der Waals surface area (Å²) in [5, 5.41) is 59.9. The Morgan fingerprint density at radius 1 is 1.04 bits per heavy atom. The maximum atomic E-state index is 10.6. The molecule has 5 N–H and O–H groups in total. The molecule has 0 bridgehead atoms. The summed E-state index contributed by atoms with van der Waals surface area (Å²) >= 11 is 0. The Kier molecular flexibility index (Phi) is 8.08. The van der Waals surface area contributed by atoms with Crippen molar-refractivity contribution in [1.82, 2.24) is 19.9 Å². The van der Waals surface area contributed by atoms with Gasteiger partial charge in [0.2, 0.25) is 0 Å². The topological polar surface area (TPSA) is 154 Å². The van der Waals surface area contributed by atoms with E-state index in [0.717, 1.165) is 50.8 Å². The molecule has 0 amide bonds. The second-order valence-electron chi connectivity index (χ2n) is 16.6. The van der Waals surface area contributed by atoms with Gasteiger partial charge in [-0.25, -0.2) is 4.68 Å². The molecule has 4 heterocycles. The van der Waals surface area contributed by atoms with Crippen LogP contribution in [0.25, 0.3) is 0 Å². The van der Waals surface area contributed by atoms with Crippen LogP contribution in [0.15, 0.2) is 29.0 Å². The van der Waals surface area contributed by atoms with Crippen molar-refractivity contribution in [2.75, 3.05) is 13.2 Å². The lowest BCUT2D eigenvalue weighted by molar-refractivity contribution is -0.254. The Balaban J connectivity index is 1.03. The Morgan fingerprint density at radius 2 is 1.85 bits per heavy atom. The summed E-state index contributed by atoms with van der Waals surface area (Å²) in [7, 11) is 0. The van der Waals surface area contributed by atoms with Crippen LogP contribution in [0.3, 0.4) is 0 Å². The van der Waals surface area contributed by atoms with Crippen LogP contribution in [0.5, 0.6) is 0 Å². The summed E-state index contributed by atoms with van der Waals surface area (Å²) in [4.78, 5) is 2.52. The van der Waals surface area contributed by atoms with Crippen LogP contribution in [0.1, 0.15) is 91.0 Å². The number of hydrogen-bond acceptors (Lipinski definition) is 10. The fraction of sp³-hybridized carbons (Fsp3) is 0.833. The maximum absolute atomic E-state index is 10.6. The molecule has 47 heavy (non-hydrogen) atoms. The minimum Gasteiger partial charge on any atom is -0.394 e. The number of aromatic nitrogens is 3. The first kappa shape index (κ1) is 32.5. The van der Waals surface area contributed by atoms with Crippen molar-refractivity contribution in [1.29, 1.82) is 0 Å². The summed E-state index contributed by atoms with van der Waals surface area (Å²) in [5.74, 6) is 2.76.